The van der Waals surface area contributed by atoms with Crippen molar-refractivity contribution in [1.82, 2.24) is 0 Å². The van der Waals surface area contributed by atoms with Gasteiger partial charge in [0.05, 0.1) is 25.2 Å². The number of hydrogen-bond acceptors (Lipinski definition) is 2. The Morgan fingerprint density at radius 3 is 2.54 bits per heavy atom. The second kappa shape index (κ2) is 5.97. The highest BCUT2D eigenvalue weighted by Gasteiger charge is 2.04. The van der Waals surface area contributed by atoms with E-state index >= 15 is 0 Å². The van der Waals surface area contributed by atoms with E-state index in [1.54, 1.807) is 0 Å². The first kappa shape index (κ1) is 10.5. The van der Waals surface area contributed by atoms with Crippen molar-refractivity contribution in [3.05, 3.63) is 35.9 Å². The fourth-order valence-electron chi connectivity index (χ4n) is 0.934. The van der Waals surface area contributed by atoms with Crippen LogP contribution in [0.2, 0.25) is 0 Å². The number of alkyl halides is 1. The number of ether oxygens (including phenoxy) is 1. The summed E-state index contributed by atoms with van der Waals surface area (Å²) >= 11 is 5.55. The van der Waals surface area contributed by atoms with Gasteiger partial charge in [0, 0.05) is 0 Å². The van der Waals surface area contributed by atoms with Gasteiger partial charge in [0.2, 0.25) is 0 Å². The van der Waals surface area contributed by atoms with Crippen LogP contribution in [0.15, 0.2) is 30.3 Å². The van der Waals surface area contributed by atoms with E-state index in [2.05, 4.69) is 0 Å². The molecule has 1 N–H and O–H groups in total. The SMILES string of the molecule is OC[C@H](CCl)OCc1ccccc1. The highest BCUT2D eigenvalue weighted by molar-refractivity contribution is 6.18. The van der Waals surface area contributed by atoms with Gasteiger partial charge in [-0.1, -0.05) is 30.3 Å². The highest BCUT2D eigenvalue weighted by Crippen LogP contribution is 2.03. The zero-order valence-corrected chi connectivity index (χ0v) is 8.07. The lowest BCUT2D eigenvalue weighted by molar-refractivity contribution is 0.0166. The number of benzene rings is 1. The first-order chi connectivity index (χ1) is 6.36. The molecule has 0 fully saturated rings. The Hall–Kier alpha value is -0.570. The first-order valence-corrected chi connectivity index (χ1v) is 4.72. The topological polar surface area (TPSA) is 29.5 Å². The van der Waals surface area contributed by atoms with Crippen LogP contribution in [0.4, 0.5) is 0 Å². The quantitative estimate of drug-likeness (QED) is 0.735. The molecule has 0 aliphatic carbocycles. The van der Waals surface area contributed by atoms with Crippen molar-refractivity contribution < 1.29 is 9.84 Å². The zero-order chi connectivity index (χ0) is 9.52. The Kier molecular flexibility index (Phi) is 4.83. The van der Waals surface area contributed by atoms with Gasteiger partial charge in [-0.25, -0.2) is 0 Å². The fourth-order valence-corrected chi connectivity index (χ4v) is 1.12. The minimum atomic E-state index is -0.262. The standard InChI is InChI=1S/C10H13ClO2/c11-6-10(7-12)13-8-9-4-2-1-3-5-9/h1-5,10,12H,6-8H2/t10-/m0/s1. The number of rotatable bonds is 5. The molecule has 0 aliphatic rings. The molecule has 1 atom stereocenters. The van der Waals surface area contributed by atoms with E-state index in [1.165, 1.54) is 0 Å². The Labute approximate surface area is 83.1 Å². The van der Waals surface area contributed by atoms with Gasteiger partial charge in [-0.3, -0.25) is 0 Å². The van der Waals surface area contributed by atoms with Gasteiger partial charge in [0.15, 0.2) is 0 Å². The Morgan fingerprint density at radius 1 is 1.31 bits per heavy atom. The molecular formula is C10H13ClO2. The molecule has 0 saturated carbocycles. The number of halogens is 1. The van der Waals surface area contributed by atoms with Gasteiger partial charge in [-0.15, -0.1) is 11.6 Å². The summed E-state index contributed by atoms with van der Waals surface area (Å²) in [6.45, 7) is 0.467. The van der Waals surface area contributed by atoms with Crippen molar-refractivity contribution in [2.45, 2.75) is 12.7 Å². The molecule has 2 nitrogen and oxygen atoms in total. The minimum Gasteiger partial charge on any atom is -0.394 e. The molecule has 0 aliphatic heterocycles. The summed E-state index contributed by atoms with van der Waals surface area (Å²) in [6, 6.07) is 9.81. The molecule has 72 valence electrons. The zero-order valence-electron chi connectivity index (χ0n) is 7.32. The van der Waals surface area contributed by atoms with E-state index in [-0.39, 0.29) is 12.7 Å². The van der Waals surface area contributed by atoms with E-state index in [1.807, 2.05) is 30.3 Å². The predicted octanol–water partition coefficient (Wildman–Crippen LogP) is 1.80. The Balaban J connectivity index is 2.34. The number of aliphatic hydroxyl groups is 1. The van der Waals surface area contributed by atoms with E-state index in [4.69, 9.17) is 21.4 Å². The van der Waals surface area contributed by atoms with Gasteiger partial charge in [0.25, 0.3) is 0 Å². The summed E-state index contributed by atoms with van der Waals surface area (Å²) in [4.78, 5) is 0. The van der Waals surface area contributed by atoms with Gasteiger partial charge >= 0.3 is 0 Å². The fraction of sp³-hybridized carbons (Fsp3) is 0.400. The Morgan fingerprint density at radius 2 is 2.00 bits per heavy atom. The summed E-state index contributed by atoms with van der Waals surface area (Å²) in [5.74, 6) is 0.323. The van der Waals surface area contributed by atoms with E-state index in [0.29, 0.717) is 12.5 Å². The van der Waals surface area contributed by atoms with Crippen LogP contribution < -0.4 is 0 Å². The third-order valence-corrected chi connectivity index (χ3v) is 2.05. The average Bonchev–Trinajstić information content (AvgIpc) is 2.21. The van der Waals surface area contributed by atoms with Gasteiger partial charge in [-0.05, 0) is 5.56 Å². The summed E-state index contributed by atoms with van der Waals surface area (Å²) in [5, 5.41) is 8.79. The molecule has 0 radical (unpaired) electrons. The van der Waals surface area contributed by atoms with Gasteiger partial charge in [0.1, 0.15) is 0 Å². The molecule has 0 amide bonds. The van der Waals surface area contributed by atoms with E-state index in [9.17, 15) is 0 Å². The normalized spacial score (nSPS) is 12.8. The van der Waals surface area contributed by atoms with E-state index in [0.717, 1.165) is 5.56 Å². The van der Waals surface area contributed by atoms with Crippen molar-refractivity contribution in [3.63, 3.8) is 0 Å². The maximum atomic E-state index is 8.79. The summed E-state index contributed by atoms with van der Waals surface area (Å²) in [7, 11) is 0. The third kappa shape index (κ3) is 3.77. The minimum absolute atomic E-state index is 0.0314. The van der Waals surface area contributed by atoms with Crippen LogP contribution in [0.1, 0.15) is 5.56 Å². The van der Waals surface area contributed by atoms with Crippen LogP contribution in [0.5, 0.6) is 0 Å². The lowest BCUT2D eigenvalue weighted by Crippen LogP contribution is -2.19. The largest absolute Gasteiger partial charge is 0.394 e. The second-order valence-corrected chi connectivity index (χ2v) is 3.06. The Bertz CT molecular complexity index is 222. The van der Waals surface area contributed by atoms with Crippen LogP contribution in [-0.2, 0) is 11.3 Å². The maximum Gasteiger partial charge on any atom is 0.0945 e. The van der Waals surface area contributed by atoms with Crippen LogP contribution in [0.3, 0.4) is 0 Å². The van der Waals surface area contributed by atoms with Gasteiger partial charge in [-0.2, -0.15) is 0 Å². The molecule has 0 spiro atoms. The smallest absolute Gasteiger partial charge is 0.0945 e. The van der Waals surface area contributed by atoms with Crippen LogP contribution >= 0.6 is 11.6 Å². The highest BCUT2D eigenvalue weighted by atomic mass is 35.5. The molecule has 0 bridgehead atoms. The van der Waals surface area contributed by atoms with E-state index < -0.39 is 0 Å². The lowest BCUT2D eigenvalue weighted by atomic mass is 10.2. The predicted molar refractivity (Wildman–Crippen MR) is 52.8 cm³/mol. The molecule has 0 unspecified atom stereocenters. The maximum absolute atomic E-state index is 8.79. The molecular weight excluding hydrogens is 188 g/mol. The van der Waals surface area contributed by atoms with Crippen molar-refractivity contribution in [3.8, 4) is 0 Å². The summed E-state index contributed by atoms with van der Waals surface area (Å²) < 4.78 is 5.34. The van der Waals surface area contributed by atoms with Crippen molar-refractivity contribution >= 4 is 11.6 Å². The second-order valence-electron chi connectivity index (χ2n) is 2.76. The molecule has 1 rings (SSSR count). The molecule has 0 saturated heterocycles. The molecule has 1 aromatic rings. The monoisotopic (exact) mass is 200 g/mol. The summed E-state index contributed by atoms with van der Waals surface area (Å²) in [5.41, 5.74) is 1.09. The van der Waals surface area contributed by atoms with Crippen molar-refractivity contribution in [2.75, 3.05) is 12.5 Å². The molecule has 13 heavy (non-hydrogen) atoms. The lowest BCUT2D eigenvalue weighted by Gasteiger charge is -2.11. The summed E-state index contributed by atoms with van der Waals surface area (Å²) in [6.07, 6.45) is -0.262. The van der Waals surface area contributed by atoms with Crippen molar-refractivity contribution in [1.29, 1.82) is 0 Å². The number of aliphatic hydroxyl groups excluding tert-OH is 1. The molecule has 1 aromatic carbocycles. The molecule has 3 heteroatoms. The molecule has 0 aromatic heterocycles. The van der Waals surface area contributed by atoms with Gasteiger partial charge < -0.3 is 9.84 Å². The first-order valence-electron chi connectivity index (χ1n) is 4.19. The van der Waals surface area contributed by atoms with Crippen LogP contribution in [0, 0.1) is 0 Å². The van der Waals surface area contributed by atoms with Crippen molar-refractivity contribution in [2.24, 2.45) is 0 Å². The number of hydrogen-bond donors (Lipinski definition) is 1. The molecule has 0 heterocycles. The van der Waals surface area contributed by atoms with Crippen LogP contribution in [0.25, 0.3) is 0 Å². The van der Waals surface area contributed by atoms with Crippen LogP contribution in [-0.4, -0.2) is 23.7 Å². The third-order valence-electron chi connectivity index (χ3n) is 1.70. The average molecular weight is 201 g/mol.